The Hall–Kier alpha value is -1.49. The zero-order chi connectivity index (χ0) is 11.8. The van der Waals surface area contributed by atoms with Crippen LogP contribution in [0.3, 0.4) is 0 Å². The normalized spacial score (nSPS) is 23.8. The fourth-order valence-corrected chi connectivity index (χ4v) is 2.59. The Morgan fingerprint density at radius 1 is 1.41 bits per heavy atom. The van der Waals surface area contributed by atoms with E-state index in [1.807, 2.05) is 4.68 Å². The quantitative estimate of drug-likeness (QED) is 0.696. The van der Waals surface area contributed by atoms with E-state index in [1.165, 1.54) is 0 Å². The molecule has 0 aromatic carbocycles. The van der Waals surface area contributed by atoms with Gasteiger partial charge >= 0.3 is 0 Å². The monoisotopic (exact) mass is 234 g/mol. The first-order valence-electron chi connectivity index (χ1n) is 6.19. The van der Waals surface area contributed by atoms with E-state index in [4.69, 9.17) is 5.73 Å². The van der Waals surface area contributed by atoms with E-state index in [2.05, 4.69) is 22.2 Å². The van der Waals surface area contributed by atoms with Gasteiger partial charge in [0.2, 0.25) is 0 Å². The summed E-state index contributed by atoms with van der Waals surface area (Å²) >= 11 is 0. The summed E-state index contributed by atoms with van der Waals surface area (Å²) in [6, 6.07) is 0. The van der Waals surface area contributed by atoms with Crippen LogP contribution in [0.2, 0.25) is 0 Å². The van der Waals surface area contributed by atoms with Crippen molar-refractivity contribution in [3.63, 3.8) is 0 Å². The molecule has 1 saturated heterocycles. The molecule has 0 spiro atoms. The Balaban J connectivity index is 1.93. The van der Waals surface area contributed by atoms with Crippen molar-refractivity contribution in [2.75, 3.05) is 23.7 Å². The van der Waals surface area contributed by atoms with E-state index in [9.17, 15) is 5.11 Å². The fourth-order valence-electron chi connectivity index (χ4n) is 2.59. The standard InChI is InChI=1S/C12H18N4O/c13-11-10-4-2-1-3-6-16(10)14-12(11)15-7-5-9(17)8-15/h1,3,9,17H,2,4-8,13H2. The van der Waals surface area contributed by atoms with Crippen LogP contribution in [0.25, 0.3) is 0 Å². The number of rotatable bonds is 1. The first-order valence-corrected chi connectivity index (χ1v) is 6.19. The number of aromatic nitrogens is 2. The number of β-amino-alcohol motifs (C(OH)–C–C–N with tert-alkyl or cyclic N) is 1. The van der Waals surface area contributed by atoms with Gasteiger partial charge in [-0.15, -0.1) is 0 Å². The summed E-state index contributed by atoms with van der Waals surface area (Å²) in [6.45, 7) is 2.30. The van der Waals surface area contributed by atoms with Gasteiger partial charge in [0.1, 0.15) is 0 Å². The van der Waals surface area contributed by atoms with Crippen molar-refractivity contribution in [1.29, 1.82) is 0 Å². The summed E-state index contributed by atoms with van der Waals surface area (Å²) < 4.78 is 1.98. The van der Waals surface area contributed by atoms with Gasteiger partial charge in [-0.05, 0) is 19.3 Å². The average molecular weight is 234 g/mol. The highest BCUT2D eigenvalue weighted by Crippen LogP contribution is 2.30. The topological polar surface area (TPSA) is 67.3 Å². The number of nitrogens with two attached hydrogens (primary N) is 1. The number of aliphatic hydroxyl groups excluding tert-OH is 1. The lowest BCUT2D eigenvalue weighted by Gasteiger charge is -2.14. The van der Waals surface area contributed by atoms with Gasteiger partial charge in [-0.3, -0.25) is 4.68 Å². The van der Waals surface area contributed by atoms with Gasteiger partial charge in [0.25, 0.3) is 0 Å². The van der Waals surface area contributed by atoms with Gasteiger partial charge in [0.05, 0.1) is 24.0 Å². The van der Waals surface area contributed by atoms with Crippen molar-refractivity contribution >= 4 is 11.5 Å². The molecule has 3 N–H and O–H groups in total. The van der Waals surface area contributed by atoms with Crippen LogP contribution in [-0.4, -0.2) is 34.1 Å². The summed E-state index contributed by atoms with van der Waals surface area (Å²) in [4.78, 5) is 2.09. The molecule has 0 bridgehead atoms. The maximum Gasteiger partial charge on any atom is 0.174 e. The van der Waals surface area contributed by atoms with Crippen LogP contribution >= 0.6 is 0 Å². The predicted octanol–water partition coefficient (Wildman–Crippen LogP) is 0.539. The molecule has 5 heteroatoms. The molecule has 2 aliphatic rings. The minimum absolute atomic E-state index is 0.240. The zero-order valence-corrected chi connectivity index (χ0v) is 9.84. The lowest BCUT2D eigenvalue weighted by Crippen LogP contribution is -2.22. The molecule has 1 aromatic heterocycles. The van der Waals surface area contributed by atoms with Gasteiger partial charge in [-0.2, -0.15) is 5.10 Å². The first-order chi connectivity index (χ1) is 8.25. The second kappa shape index (κ2) is 4.07. The van der Waals surface area contributed by atoms with Crippen molar-refractivity contribution in [1.82, 2.24) is 9.78 Å². The Bertz CT molecular complexity index is 452. The molecule has 1 fully saturated rings. The van der Waals surface area contributed by atoms with Crippen molar-refractivity contribution in [3.8, 4) is 0 Å². The SMILES string of the molecule is Nc1c(N2CCC(O)C2)nn2c1CCC=CC2. The van der Waals surface area contributed by atoms with Crippen molar-refractivity contribution in [2.45, 2.75) is 31.9 Å². The smallest absolute Gasteiger partial charge is 0.174 e. The number of nitrogen functional groups attached to an aromatic ring is 1. The van der Waals surface area contributed by atoms with Crippen molar-refractivity contribution in [2.24, 2.45) is 0 Å². The van der Waals surface area contributed by atoms with Crippen LogP contribution in [0.5, 0.6) is 0 Å². The molecule has 1 aromatic rings. The molecule has 1 atom stereocenters. The van der Waals surface area contributed by atoms with Gasteiger partial charge in [-0.1, -0.05) is 12.2 Å². The van der Waals surface area contributed by atoms with E-state index in [0.29, 0.717) is 6.54 Å². The number of anilines is 2. The molecule has 3 heterocycles. The fraction of sp³-hybridized carbons (Fsp3) is 0.583. The highest BCUT2D eigenvalue weighted by atomic mass is 16.3. The molecule has 0 radical (unpaired) electrons. The molecule has 17 heavy (non-hydrogen) atoms. The van der Waals surface area contributed by atoms with Gasteiger partial charge in [0, 0.05) is 13.1 Å². The maximum atomic E-state index is 9.57. The second-order valence-electron chi connectivity index (χ2n) is 4.76. The molecule has 0 saturated carbocycles. The Labute approximate surface area is 101 Å². The summed E-state index contributed by atoms with van der Waals surface area (Å²) in [7, 11) is 0. The molecule has 5 nitrogen and oxygen atoms in total. The maximum absolute atomic E-state index is 9.57. The largest absolute Gasteiger partial charge is 0.394 e. The number of fused-ring (bicyclic) bond motifs is 1. The Morgan fingerprint density at radius 3 is 3.06 bits per heavy atom. The van der Waals surface area contributed by atoms with Gasteiger partial charge in [-0.25, -0.2) is 0 Å². The molecule has 0 amide bonds. The first kappa shape index (κ1) is 10.7. The molecule has 0 aliphatic carbocycles. The number of allylic oxidation sites excluding steroid dienone is 2. The Morgan fingerprint density at radius 2 is 2.29 bits per heavy atom. The highest BCUT2D eigenvalue weighted by molar-refractivity contribution is 5.66. The summed E-state index contributed by atoms with van der Waals surface area (Å²) in [6.07, 6.45) is 6.85. The van der Waals surface area contributed by atoms with Crippen LogP contribution in [-0.2, 0) is 13.0 Å². The lowest BCUT2D eigenvalue weighted by atomic mass is 10.2. The number of aliphatic hydroxyl groups is 1. The van der Waals surface area contributed by atoms with E-state index in [-0.39, 0.29) is 6.10 Å². The third kappa shape index (κ3) is 1.80. The van der Waals surface area contributed by atoms with Crippen LogP contribution in [0, 0.1) is 0 Å². The molecular formula is C12H18N4O. The second-order valence-corrected chi connectivity index (χ2v) is 4.76. The van der Waals surface area contributed by atoms with Crippen molar-refractivity contribution < 1.29 is 5.11 Å². The zero-order valence-electron chi connectivity index (χ0n) is 9.84. The molecule has 92 valence electrons. The minimum Gasteiger partial charge on any atom is -0.394 e. The number of hydrogen-bond donors (Lipinski definition) is 2. The van der Waals surface area contributed by atoms with Crippen LogP contribution in [0.1, 0.15) is 18.5 Å². The summed E-state index contributed by atoms with van der Waals surface area (Å²) in [5.74, 6) is 0.854. The van der Waals surface area contributed by atoms with E-state index >= 15 is 0 Å². The van der Waals surface area contributed by atoms with Gasteiger partial charge < -0.3 is 15.7 Å². The van der Waals surface area contributed by atoms with E-state index in [1.54, 1.807) is 0 Å². The highest BCUT2D eigenvalue weighted by Gasteiger charge is 2.26. The Kier molecular flexibility index (Phi) is 2.55. The number of nitrogens with zero attached hydrogens (tertiary/aromatic N) is 3. The van der Waals surface area contributed by atoms with Crippen LogP contribution < -0.4 is 10.6 Å². The minimum atomic E-state index is -0.240. The number of hydrogen-bond acceptors (Lipinski definition) is 4. The predicted molar refractivity (Wildman–Crippen MR) is 66.9 cm³/mol. The lowest BCUT2D eigenvalue weighted by molar-refractivity contribution is 0.198. The molecule has 2 aliphatic heterocycles. The summed E-state index contributed by atoms with van der Waals surface area (Å²) in [5.41, 5.74) is 8.11. The van der Waals surface area contributed by atoms with E-state index in [0.717, 1.165) is 49.6 Å². The average Bonchev–Trinajstić information content (AvgIpc) is 2.76. The summed E-state index contributed by atoms with van der Waals surface area (Å²) in [5, 5.41) is 14.2. The van der Waals surface area contributed by atoms with Crippen LogP contribution in [0.4, 0.5) is 11.5 Å². The molecule has 1 unspecified atom stereocenters. The third-order valence-electron chi connectivity index (χ3n) is 3.53. The van der Waals surface area contributed by atoms with Gasteiger partial charge in [0.15, 0.2) is 5.82 Å². The van der Waals surface area contributed by atoms with Crippen molar-refractivity contribution in [3.05, 3.63) is 17.8 Å². The molecular weight excluding hydrogens is 216 g/mol. The third-order valence-corrected chi connectivity index (χ3v) is 3.53. The van der Waals surface area contributed by atoms with E-state index < -0.39 is 0 Å². The molecule has 3 rings (SSSR count). The van der Waals surface area contributed by atoms with Crippen LogP contribution in [0.15, 0.2) is 12.2 Å².